The molecule has 0 aliphatic heterocycles. The Balaban J connectivity index is 1.63. The Morgan fingerprint density at radius 1 is 1.22 bits per heavy atom. The molecule has 0 spiro atoms. The fraction of sp³-hybridized carbons (Fsp3) is 0.150. The Hall–Kier alpha value is -3.30. The smallest absolute Gasteiger partial charge is 0.355 e. The van der Waals surface area contributed by atoms with E-state index in [1.807, 2.05) is 32.0 Å². The van der Waals surface area contributed by atoms with Crippen LogP contribution in [0, 0.1) is 25.2 Å². The zero-order valence-electron chi connectivity index (χ0n) is 14.7. The number of fused-ring (bicyclic) bond motifs is 1. The summed E-state index contributed by atoms with van der Waals surface area (Å²) < 4.78 is 5.07. The van der Waals surface area contributed by atoms with E-state index in [2.05, 4.69) is 10.3 Å². The van der Waals surface area contributed by atoms with Gasteiger partial charge in [-0.25, -0.2) is 4.79 Å². The summed E-state index contributed by atoms with van der Waals surface area (Å²) >= 11 is 5.92. The molecule has 6 nitrogen and oxygen atoms in total. The van der Waals surface area contributed by atoms with Gasteiger partial charge in [0, 0.05) is 16.6 Å². The van der Waals surface area contributed by atoms with E-state index in [1.165, 1.54) is 12.1 Å². The molecular weight excluding hydrogens is 366 g/mol. The van der Waals surface area contributed by atoms with E-state index in [0.717, 1.165) is 22.0 Å². The number of carbonyl (C=O) groups is 2. The molecule has 0 unspecified atom stereocenters. The second-order valence-electron chi connectivity index (χ2n) is 6.16. The van der Waals surface area contributed by atoms with Crippen LogP contribution in [0.1, 0.15) is 27.2 Å². The van der Waals surface area contributed by atoms with E-state index in [1.54, 1.807) is 12.1 Å². The van der Waals surface area contributed by atoms with Gasteiger partial charge >= 0.3 is 5.97 Å². The largest absolute Gasteiger partial charge is 0.451 e. The highest BCUT2D eigenvalue weighted by molar-refractivity contribution is 6.32. The van der Waals surface area contributed by atoms with Crippen LogP contribution in [0.5, 0.6) is 0 Å². The molecule has 7 heteroatoms. The first-order valence-corrected chi connectivity index (χ1v) is 8.52. The summed E-state index contributed by atoms with van der Waals surface area (Å²) in [4.78, 5) is 27.2. The number of nitriles is 1. The van der Waals surface area contributed by atoms with Crippen molar-refractivity contribution in [2.75, 3.05) is 11.9 Å². The van der Waals surface area contributed by atoms with Gasteiger partial charge in [0.05, 0.1) is 10.6 Å². The van der Waals surface area contributed by atoms with Crippen LogP contribution in [0.3, 0.4) is 0 Å². The van der Waals surface area contributed by atoms with E-state index in [0.29, 0.717) is 11.3 Å². The Kier molecular flexibility index (Phi) is 5.15. The number of carbonyl (C=O) groups excluding carboxylic acids is 2. The van der Waals surface area contributed by atoms with Gasteiger partial charge in [-0.05, 0) is 55.3 Å². The number of halogens is 1. The van der Waals surface area contributed by atoms with Gasteiger partial charge in [0.2, 0.25) is 0 Å². The van der Waals surface area contributed by atoms with Crippen molar-refractivity contribution in [2.45, 2.75) is 13.8 Å². The molecule has 0 saturated heterocycles. The van der Waals surface area contributed by atoms with Crippen LogP contribution in [0.4, 0.5) is 5.69 Å². The number of rotatable bonds is 4. The van der Waals surface area contributed by atoms with Gasteiger partial charge in [-0.3, -0.25) is 4.79 Å². The number of nitrogens with one attached hydrogen (secondary N) is 2. The van der Waals surface area contributed by atoms with Gasteiger partial charge in [-0.15, -0.1) is 0 Å². The maximum atomic E-state index is 12.2. The average molecular weight is 382 g/mol. The van der Waals surface area contributed by atoms with Crippen molar-refractivity contribution in [3.63, 3.8) is 0 Å². The number of amides is 1. The molecule has 1 aromatic heterocycles. The predicted octanol–water partition coefficient (Wildman–Crippen LogP) is 4.11. The molecule has 27 heavy (non-hydrogen) atoms. The lowest BCUT2D eigenvalue weighted by Crippen LogP contribution is -2.21. The summed E-state index contributed by atoms with van der Waals surface area (Å²) in [5, 5.41) is 12.6. The molecule has 0 bridgehead atoms. The van der Waals surface area contributed by atoms with Crippen LogP contribution < -0.4 is 5.32 Å². The van der Waals surface area contributed by atoms with E-state index in [-0.39, 0.29) is 10.7 Å². The second kappa shape index (κ2) is 7.52. The number of esters is 1. The van der Waals surface area contributed by atoms with Crippen LogP contribution >= 0.6 is 11.6 Å². The van der Waals surface area contributed by atoms with Crippen molar-refractivity contribution in [1.29, 1.82) is 5.26 Å². The van der Waals surface area contributed by atoms with Crippen LogP contribution in [0.2, 0.25) is 5.02 Å². The molecule has 0 aliphatic carbocycles. The molecule has 2 N–H and O–H groups in total. The van der Waals surface area contributed by atoms with Crippen molar-refractivity contribution in [2.24, 2.45) is 0 Å². The normalized spacial score (nSPS) is 10.4. The predicted molar refractivity (Wildman–Crippen MR) is 103 cm³/mol. The molecular formula is C20H16ClN3O3. The number of aromatic nitrogens is 1. The van der Waals surface area contributed by atoms with Gasteiger partial charge in [-0.2, -0.15) is 5.26 Å². The molecule has 136 valence electrons. The molecule has 0 atom stereocenters. The number of benzene rings is 2. The summed E-state index contributed by atoms with van der Waals surface area (Å²) in [5.41, 5.74) is 3.99. The molecule has 3 aromatic rings. The lowest BCUT2D eigenvalue weighted by atomic mass is 10.1. The summed E-state index contributed by atoms with van der Waals surface area (Å²) in [7, 11) is 0. The number of anilines is 1. The minimum atomic E-state index is -0.615. The molecule has 1 amide bonds. The molecule has 3 rings (SSSR count). The minimum absolute atomic E-state index is 0.232. The second-order valence-corrected chi connectivity index (χ2v) is 6.56. The SMILES string of the molecule is Cc1cc(C)c2cc(C(=O)OCC(=O)Nc3ccc(C#N)c(Cl)c3)[nH]c2c1. The topological polar surface area (TPSA) is 95.0 Å². The first kappa shape index (κ1) is 18.5. The molecule has 2 aromatic carbocycles. The first-order valence-electron chi connectivity index (χ1n) is 8.14. The monoisotopic (exact) mass is 381 g/mol. The lowest BCUT2D eigenvalue weighted by Gasteiger charge is -2.07. The Labute approximate surface area is 160 Å². The summed E-state index contributed by atoms with van der Waals surface area (Å²) in [6, 6.07) is 12.1. The van der Waals surface area contributed by atoms with Crippen LogP contribution in [-0.4, -0.2) is 23.5 Å². The fourth-order valence-electron chi connectivity index (χ4n) is 2.80. The number of H-pyrrole nitrogens is 1. The maximum absolute atomic E-state index is 12.2. The van der Waals surface area contributed by atoms with Gasteiger partial charge < -0.3 is 15.0 Å². The van der Waals surface area contributed by atoms with Gasteiger partial charge in [-0.1, -0.05) is 17.7 Å². The third-order valence-corrected chi connectivity index (χ3v) is 4.33. The highest BCUT2D eigenvalue weighted by Crippen LogP contribution is 2.22. The van der Waals surface area contributed by atoms with Crippen molar-refractivity contribution in [3.05, 3.63) is 63.8 Å². The van der Waals surface area contributed by atoms with E-state index >= 15 is 0 Å². The van der Waals surface area contributed by atoms with Crippen LogP contribution in [-0.2, 0) is 9.53 Å². The van der Waals surface area contributed by atoms with Gasteiger partial charge in [0.15, 0.2) is 6.61 Å². The number of hydrogen-bond acceptors (Lipinski definition) is 4. The first-order chi connectivity index (χ1) is 12.9. The fourth-order valence-corrected chi connectivity index (χ4v) is 3.02. The molecule has 0 radical (unpaired) electrons. The lowest BCUT2D eigenvalue weighted by molar-refractivity contribution is -0.119. The van der Waals surface area contributed by atoms with Crippen LogP contribution in [0.15, 0.2) is 36.4 Å². The van der Waals surface area contributed by atoms with Gasteiger partial charge in [0.1, 0.15) is 11.8 Å². The minimum Gasteiger partial charge on any atom is -0.451 e. The van der Waals surface area contributed by atoms with Crippen molar-refractivity contribution >= 4 is 40.1 Å². The highest BCUT2D eigenvalue weighted by atomic mass is 35.5. The Bertz CT molecular complexity index is 1100. The number of nitrogens with zero attached hydrogens (tertiary/aromatic N) is 1. The number of aryl methyl sites for hydroxylation is 2. The number of aromatic amines is 1. The summed E-state index contributed by atoms with van der Waals surface area (Å²) in [6.07, 6.45) is 0. The van der Waals surface area contributed by atoms with E-state index < -0.39 is 18.5 Å². The van der Waals surface area contributed by atoms with Crippen molar-refractivity contribution < 1.29 is 14.3 Å². The zero-order chi connectivity index (χ0) is 19.6. The quantitative estimate of drug-likeness (QED) is 0.665. The van der Waals surface area contributed by atoms with E-state index in [4.69, 9.17) is 21.6 Å². The standard InChI is InChI=1S/C20H16ClN3O3/c1-11-5-12(2)15-8-18(24-17(15)6-11)20(26)27-10-19(25)23-14-4-3-13(9-22)16(21)7-14/h3-8,24H,10H2,1-2H3,(H,23,25). The Morgan fingerprint density at radius 3 is 2.70 bits per heavy atom. The highest BCUT2D eigenvalue weighted by Gasteiger charge is 2.14. The third-order valence-electron chi connectivity index (χ3n) is 4.02. The molecule has 0 fully saturated rings. The van der Waals surface area contributed by atoms with Gasteiger partial charge in [0.25, 0.3) is 5.91 Å². The molecule has 1 heterocycles. The number of ether oxygens (including phenoxy) is 1. The zero-order valence-corrected chi connectivity index (χ0v) is 15.5. The maximum Gasteiger partial charge on any atom is 0.355 e. The van der Waals surface area contributed by atoms with E-state index in [9.17, 15) is 9.59 Å². The third kappa shape index (κ3) is 4.10. The average Bonchev–Trinajstić information content (AvgIpc) is 3.04. The Morgan fingerprint density at radius 2 is 2.00 bits per heavy atom. The summed E-state index contributed by atoms with van der Waals surface area (Å²) in [6.45, 7) is 3.50. The molecule has 0 aliphatic rings. The number of hydrogen-bond donors (Lipinski definition) is 2. The molecule has 0 saturated carbocycles. The van der Waals surface area contributed by atoms with Crippen LogP contribution in [0.25, 0.3) is 10.9 Å². The van der Waals surface area contributed by atoms with Crippen molar-refractivity contribution in [1.82, 2.24) is 4.98 Å². The summed E-state index contributed by atoms with van der Waals surface area (Å²) in [5.74, 6) is -1.12. The van der Waals surface area contributed by atoms with Crippen molar-refractivity contribution in [3.8, 4) is 6.07 Å².